The summed E-state index contributed by atoms with van der Waals surface area (Å²) < 4.78 is 0. The highest BCUT2D eigenvalue weighted by atomic mass is 14.3. The second kappa shape index (κ2) is 34.2. The Morgan fingerprint density at radius 1 is 1.60 bits per heavy atom. The minimum absolute atomic E-state index is 0.750. The number of nitrogens with two attached hydrogens (primary N) is 2. The van der Waals surface area contributed by atoms with Gasteiger partial charge in [-0.1, -0.05) is 6.82 Å². The Hall–Kier alpha value is 0.0499. The quantitative estimate of drug-likeness (QED) is 0.320. The van der Waals surface area contributed by atoms with Crippen molar-refractivity contribution in [1.29, 1.82) is 0 Å². The van der Waals surface area contributed by atoms with Gasteiger partial charge in [0, 0.05) is 0 Å². The molecule has 0 fully saturated rings. The number of rotatable bonds is 0. The molecule has 0 amide bonds. The summed E-state index contributed by atoms with van der Waals surface area (Å²) >= 11 is 0. The van der Waals surface area contributed by atoms with Crippen LogP contribution in [0.3, 0.4) is 0 Å². The summed E-state index contributed by atoms with van der Waals surface area (Å²) in [6.07, 6.45) is 0. The molecule has 0 bridgehead atoms. The molecule has 2 nitrogen and oxygen atoms in total. The van der Waals surface area contributed by atoms with Crippen LogP contribution in [0.25, 0.3) is 0 Å². The molecule has 0 aromatic carbocycles. The van der Waals surface area contributed by atoms with Crippen LogP contribution >= 0.6 is 0 Å². The van der Waals surface area contributed by atoms with Gasteiger partial charge in [0.25, 0.3) is 0 Å². The molecule has 0 rings (SSSR count). The Bertz CT molecular complexity index is 7.61. The lowest BCUT2D eigenvalue weighted by Crippen LogP contribution is -1.94. The highest BCUT2D eigenvalue weighted by Crippen LogP contribution is 1.15. The van der Waals surface area contributed by atoms with Crippen molar-refractivity contribution in [3.63, 3.8) is 0 Å². The molecule has 0 aliphatic rings. The van der Waals surface area contributed by atoms with E-state index in [1.807, 2.05) is 6.82 Å². The van der Waals surface area contributed by atoms with Crippen molar-refractivity contribution in [2.45, 2.75) is 6.82 Å². The molecule has 0 spiro atoms. The third kappa shape index (κ3) is 6840. The molecule has 0 radical (unpaired) electrons. The predicted octanol–water partition coefficient (Wildman–Crippen LogP) is -2.16. The highest BCUT2D eigenvalue weighted by Gasteiger charge is 1.42. The summed E-state index contributed by atoms with van der Waals surface area (Å²) in [5.41, 5.74) is 9.35. The van der Waals surface area contributed by atoms with E-state index >= 15 is 0 Å². The predicted molar refractivity (Wildman–Crippen MR) is 29.9 cm³/mol. The molecule has 0 aliphatic carbocycles. The van der Waals surface area contributed by atoms with Crippen LogP contribution < -0.4 is 11.3 Å². The molecule has 0 aromatic rings. The van der Waals surface area contributed by atoms with E-state index < -0.39 is 0 Å². The van der Waals surface area contributed by atoms with Gasteiger partial charge in [-0.25, -0.2) is 0 Å². The Kier molecular flexibility index (Phi) is 60.9. The van der Waals surface area contributed by atoms with Gasteiger partial charge in [0.05, 0.1) is 0 Å². The van der Waals surface area contributed by atoms with E-state index in [4.69, 9.17) is 5.64 Å². The first-order valence-electron chi connectivity index (χ1n) is 1.69. The van der Waals surface area contributed by atoms with Crippen molar-refractivity contribution in [3.05, 3.63) is 0 Å². The summed E-state index contributed by atoms with van der Waals surface area (Å²) in [6.45, 7) is 1.90. The van der Waals surface area contributed by atoms with Gasteiger partial charge in [-0.3, -0.25) is 0 Å². The molecular formula is CH10B2N2. The van der Waals surface area contributed by atoms with E-state index in [1.165, 1.54) is 7.98 Å². The van der Waals surface area contributed by atoms with Gasteiger partial charge in [-0.05, 0) is 0 Å². The zero-order chi connectivity index (χ0) is 4.71. The van der Waals surface area contributed by atoms with E-state index in [2.05, 4.69) is 5.64 Å². The molecule has 4 heteroatoms. The van der Waals surface area contributed by atoms with E-state index in [0.29, 0.717) is 0 Å². The normalized spacial score (nSPS) is 3.80. The maximum Gasteiger partial charge on any atom is 0.195 e. The molecule has 4 N–H and O–H groups in total. The summed E-state index contributed by atoms with van der Waals surface area (Å²) in [6, 6.07) is 0. The smallest absolute Gasteiger partial charge is 0.195 e. The van der Waals surface area contributed by atoms with Crippen LogP contribution in [-0.2, 0) is 0 Å². The molecule has 0 unspecified atom stereocenters. The van der Waals surface area contributed by atoms with Gasteiger partial charge in [-0.15, -0.1) is 0 Å². The molecule has 0 saturated heterocycles. The van der Waals surface area contributed by atoms with Crippen molar-refractivity contribution in [3.8, 4) is 0 Å². The largest absolute Gasteiger partial charge is 0.376 e. The lowest BCUT2D eigenvalue weighted by Gasteiger charge is -1.45. The van der Waals surface area contributed by atoms with Crippen molar-refractivity contribution < 1.29 is 0 Å². The van der Waals surface area contributed by atoms with Crippen molar-refractivity contribution in [1.82, 2.24) is 0 Å². The van der Waals surface area contributed by atoms with Crippen LogP contribution in [0.5, 0.6) is 0 Å². The summed E-state index contributed by atoms with van der Waals surface area (Å²) in [5, 5.41) is 0. The Balaban J connectivity index is 0. The molecule has 0 heterocycles. The van der Waals surface area contributed by atoms with Crippen LogP contribution in [0, 0.1) is 0 Å². The maximum absolute atomic E-state index is 4.85. The molecule has 0 aliphatic heterocycles. The zero-order valence-electron chi connectivity index (χ0n) is 3.86. The van der Waals surface area contributed by atoms with Crippen LogP contribution in [0.1, 0.15) is 0 Å². The van der Waals surface area contributed by atoms with Gasteiger partial charge in [0.15, 0.2) is 15.4 Å². The van der Waals surface area contributed by atoms with Crippen molar-refractivity contribution in [2.24, 2.45) is 11.3 Å². The highest BCUT2D eigenvalue weighted by molar-refractivity contribution is 6.28. The lowest BCUT2D eigenvalue weighted by atomic mass is 10.0. The standard InChI is InChI=1S/CH6BN.BH4N/c1-2-3;1-2/h2H,3H2,1H3;1-2H2. The number of hydrogen-bond donors (Lipinski definition) is 2. The van der Waals surface area contributed by atoms with E-state index in [1.54, 1.807) is 0 Å². The van der Waals surface area contributed by atoms with Crippen LogP contribution in [-0.4, -0.2) is 15.4 Å². The topological polar surface area (TPSA) is 52.0 Å². The van der Waals surface area contributed by atoms with Crippen molar-refractivity contribution in [2.75, 3.05) is 0 Å². The maximum atomic E-state index is 4.85. The zero-order valence-corrected chi connectivity index (χ0v) is 3.86. The van der Waals surface area contributed by atoms with Gasteiger partial charge in [-0.2, -0.15) is 0 Å². The first kappa shape index (κ1) is 8.90. The Morgan fingerprint density at radius 3 is 1.60 bits per heavy atom. The third-order valence-electron chi connectivity index (χ3n) is 0. The first-order chi connectivity index (χ1) is 2.41. The average Bonchev–Trinajstić information content (AvgIpc) is 1.46. The van der Waals surface area contributed by atoms with Crippen LogP contribution in [0.15, 0.2) is 0 Å². The number of hydrogen-bond acceptors (Lipinski definition) is 2. The molecular weight excluding hydrogens is 61.6 g/mol. The van der Waals surface area contributed by atoms with Gasteiger partial charge in [0.2, 0.25) is 0 Å². The first-order valence-corrected chi connectivity index (χ1v) is 1.69. The molecule has 0 aromatic heterocycles. The fraction of sp³-hybridized carbons (Fsp3) is 1.00. The minimum Gasteiger partial charge on any atom is -0.376 e. The van der Waals surface area contributed by atoms with Gasteiger partial charge in [0.1, 0.15) is 0 Å². The molecule has 5 heavy (non-hydrogen) atoms. The minimum atomic E-state index is 0.750. The summed E-state index contributed by atoms with van der Waals surface area (Å²) in [7, 11) is 2.25. The monoisotopic (exact) mass is 72.1 g/mol. The molecule has 0 atom stereocenters. The third-order valence-corrected chi connectivity index (χ3v) is 0. The lowest BCUT2D eigenvalue weighted by molar-refractivity contribution is 1.88. The Labute approximate surface area is 34.6 Å². The van der Waals surface area contributed by atoms with Crippen LogP contribution in [0.4, 0.5) is 0 Å². The van der Waals surface area contributed by atoms with E-state index in [0.717, 1.165) is 7.41 Å². The summed E-state index contributed by atoms with van der Waals surface area (Å²) in [4.78, 5) is 0. The SMILES string of the molecule is BN.CBN. The molecule has 30 valence electrons. The van der Waals surface area contributed by atoms with E-state index in [-0.39, 0.29) is 0 Å². The van der Waals surface area contributed by atoms with Gasteiger partial charge >= 0.3 is 0 Å². The summed E-state index contributed by atoms with van der Waals surface area (Å²) in [5.74, 6) is 0. The fourth-order valence-electron chi connectivity index (χ4n) is 0. The van der Waals surface area contributed by atoms with Crippen molar-refractivity contribution >= 4 is 15.4 Å². The second-order valence-corrected chi connectivity index (χ2v) is 0.408. The van der Waals surface area contributed by atoms with E-state index in [9.17, 15) is 0 Å². The fourth-order valence-corrected chi connectivity index (χ4v) is 0. The Morgan fingerprint density at radius 2 is 1.60 bits per heavy atom. The van der Waals surface area contributed by atoms with Crippen LogP contribution in [0.2, 0.25) is 6.82 Å². The molecule has 0 saturated carbocycles. The average molecular weight is 71.7 g/mol. The second-order valence-electron chi connectivity index (χ2n) is 0.408. The van der Waals surface area contributed by atoms with Gasteiger partial charge < -0.3 is 11.3 Å².